The zero-order chi connectivity index (χ0) is 10.5. The van der Waals surface area contributed by atoms with Gasteiger partial charge in [0.2, 0.25) is 0 Å². The molecular formula is C7H12O5S. The van der Waals surface area contributed by atoms with Gasteiger partial charge in [-0.05, 0) is 6.42 Å². The number of hydrogen-bond acceptors (Lipinski definition) is 4. The standard InChI is InChI=1S/C7H12O5S/c1-3-4-12-7(8)6(2)5-13(9,10)11/h2-5H2,1H3,(H,9,10,11). The van der Waals surface area contributed by atoms with Crippen LogP contribution in [0.3, 0.4) is 0 Å². The minimum absolute atomic E-state index is 0.212. The number of hydrogen-bond donors (Lipinski definition) is 1. The SMILES string of the molecule is C=C(CS(=O)(=O)O)C(=O)OCCC. The van der Waals surface area contributed by atoms with E-state index in [9.17, 15) is 13.2 Å². The minimum Gasteiger partial charge on any atom is -0.462 e. The Morgan fingerprint density at radius 3 is 2.46 bits per heavy atom. The predicted octanol–water partition coefficient (Wildman–Crippen LogP) is 0.384. The highest BCUT2D eigenvalue weighted by atomic mass is 32.2. The smallest absolute Gasteiger partial charge is 0.334 e. The molecule has 0 aliphatic carbocycles. The second kappa shape index (κ2) is 4.98. The van der Waals surface area contributed by atoms with Crippen LogP contribution in [-0.4, -0.2) is 31.3 Å². The summed E-state index contributed by atoms with van der Waals surface area (Å²) in [5, 5.41) is 0. The van der Waals surface area contributed by atoms with Crippen LogP contribution in [0.15, 0.2) is 12.2 Å². The van der Waals surface area contributed by atoms with E-state index < -0.39 is 21.8 Å². The van der Waals surface area contributed by atoms with E-state index in [1.165, 1.54) is 0 Å². The zero-order valence-corrected chi connectivity index (χ0v) is 8.13. The monoisotopic (exact) mass is 208 g/mol. The first-order chi connectivity index (χ1) is 5.87. The van der Waals surface area contributed by atoms with Gasteiger partial charge < -0.3 is 4.74 Å². The van der Waals surface area contributed by atoms with Crippen molar-refractivity contribution in [2.45, 2.75) is 13.3 Å². The Bertz CT molecular complexity index is 290. The number of esters is 1. The molecule has 0 fully saturated rings. The van der Waals surface area contributed by atoms with Crippen LogP contribution in [0.1, 0.15) is 13.3 Å². The van der Waals surface area contributed by atoms with Gasteiger partial charge in [0.25, 0.3) is 10.1 Å². The zero-order valence-electron chi connectivity index (χ0n) is 7.32. The summed E-state index contributed by atoms with van der Waals surface area (Å²) in [7, 11) is -4.19. The van der Waals surface area contributed by atoms with Crippen LogP contribution >= 0.6 is 0 Å². The molecule has 0 atom stereocenters. The summed E-state index contributed by atoms with van der Waals surface area (Å²) in [6.07, 6.45) is 0.644. The molecule has 76 valence electrons. The molecule has 0 aliphatic heterocycles. The Morgan fingerprint density at radius 2 is 2.08 bits per heavy atom. The van der Waals surface area contributed by atoms with Crippen molar-refractivity contribution in [2.75, 3.05) is 12.4 Å². The third kappa shape index (κ3) is 6.30. The van der Waals surface area contributed by atoms with Crippen LogP contribution in [0, 0.1) is 0 Å². The molecule has 0 saturated heterocycles. The highest BCUT2D eigenvalue weighted by molar-refractivity contribution is 7.86. The molecule has 0 amide bonds. The van der Waals surface area contributed by atoms with Gasteiger partial charge in [0.05, 0.1) is 6.61 Å². The predicted molar refractivity (Wildman–Crippen MR) is 46.8 cm³/mol. The van der Waals surface area contributed by atoms with E-state index in [1.54, 1.807) is 6.92 Å². The molecule has 13 heavy (non-hydrogen) atoms. The molecule has 0 radical (unpaired) electrons. The summed E-state index contributed by atoms with van der Waals surface area (Å²) >= 11 is 0. The lowest BCUT2D eigenvalue weighted by Gasteiger charge is -2.03. The van der Waals surface area contributed by atoms with Gasteiger partial charge in [-0.15, -0.1) is 0 Å². The van der Waals surface area contributed by atoms with E-state index in [0.29, 0.717) is 6.42 Å². The fourth-order valence-electron chi connectivity index (χ4n) is 0.576. The van der Waals surface area contributed by atoms with Gasteiger partial charge in [-0.3, -0.25) is 4.55 Å². The number of carbonyl (C=O) groups excluding carboxylic acids is 1. The van der Waals surface area contributed by atoms with E-state index >= 15 is 0 Å². The first-order valence-corrected chi connectivity index (χ1v) is 5.27. The summed E-state index contributed by atoms with van der Waals surface area (Å²) in [5.74, 6) is -1.57. The molecule has 0 aromatic heterocycles. The maximum absolute atomic E-state index is 10.9. The molecule has 0 bridgehead atoms. The van der Waals surface area contributed by atoms with Crippen molar-refractivity contribution in [3.8, 4) is 0 Å². The second-order valence-corrected chi connectivity index (χ2v) is 3.92. The molecule has 0 aromatic rings. The molecule has 0 rings (SSSR count). The van der Waals surface area contributed by atoms with Crippen LogP contribution in [0.5, 0.6) is 0 Å². The van der Waals surface area contributed by atoms with Crippen molar-refractivity contribution in [3.05, 3.63) is 12.2 Å². The summed E-state index contributed by atoms with van der Waals surface area (Å²) < 4.78 is 33.6. The van der Waals surface area contributed by atoms with Gasteiger partial charge in [0, 0.05) is 5.57 Å². The summed E-state index contributed by atoms with van der Waals surface area (Å²) in [6.45, 7) is 5.20. The Kier molecular flexibility index (Phi) is 4.64. The quantitative estimate of drug-likeness (QED) is 0.401. The lowest BCUT2D eigenvalue weighted by atomic mass is 10.3. The highest BCUT2D eigenvalue weighted by Gasteiger charge is 2.15. The number of rotatable bonds is 5. The van der Waals surface area contributed by atoms with Gasteiger partial charge in [-0.1, -0.05) is 13.5 Å². The summed E-state index contributed by atoms with van der Waals surface area (Å²) in [5.41, 5.74) is -0.268. The third-order valence-electron chi connectivity index (χ3n) is 1.08. The first kappa shape index (κ1) is 12.1. The van der Waals surface area contributed by atoms with Gasteiger partial charge in [0.1, 0.15) is 5.75 Å². The third-order valence-corrected chi connectivity index (χ3v) is 1.80. The van der Waals surface area contributed by atoms with E-state index in [0.717, 1.165) is 0 Å². The largest absolute Gasteiger partial charge is 0.462 e. The molecule has 0 unspecified atom stereocenters. The molecule has 1 N–H and O–H groups in total. The molecule has 0 aliphatic rings. The number of ether oxygens (including phenoxy) is 1. The van der Waals surface area contributed by atoms with Crippen molar-refractivity contribution in [2.24, 2.45) is 0 Å². The Morgan fingerprint density at radius 1 is 1.54 bits per heavy atom. The van der Waals surface area contributed by atoms with Crippen molar-refractivity contribution < 1.29 is 22.5 Å². The average molecular weight is 208 g/mol. The lowest BCUT2D eigenvalue weighted by molar-refractivity contribution is -0.138. The highest BCUT2D eigenvalue weighted by Crippen LogP contribution is 1.99. The Balaban J connectivity index is 4.06. The van der Waals surface area contributed by atoms with Gasteiger partial charge in [-0.25, -0.2) is 4.79 Å². The van der Waals surface area contributed by atoms with Crippen molar-refractivity contribution in [3.63, 3.8) is 0 Å². The topological polar surface area (TPSA) is 80.7 Å². The van der Waals surface area contributed by atoms with Crippen LogP contribution in [0.2, 0.25) is 0 Å². The van der Waals surface area contributed by atoms with Crippen LogP contribution in [0.4, 0.5) is 0 Å². The molecule has 6 heteroatoms. The Hall–Kier alpha value is -0.880. The average Bonchev–Trinajstić information content (AvgIpc) is 1.96. The van der Waals surface area contributed by atoms with Crippen molar-refractivity contribution in [1.82, 2.24) is 0 Å². The molecular weight excluding hydrogens is 196 g/mol. The fraction of sp³-hybridized carbons (Fsp3) is 0.571. The second-order valence-electron chi connectivity index (χ2n) is 2.47. The maximum Gasteiger partial charge on any atom is 0.334 e. The maximum atomic E-state index is 10.9. The molecule has 0 saturated carbocycles. The van der Waals surface area contributed by atoms with Gasteiger partial charge in [-0.2, -0.15) is 8.42 Å². The van der Waals surface area contributed by atoms with Crippen molar-refractivity contribution >= 4 is 16.1 Å². The van der Waals surface area contributed by atoms with E-state index in [2.05, 4.69) is 11.3 Å². The summed E-state index contributed by atoms with van der Waals surface area (Å²) in [6, 6.07) is 0. The molecule has 0 spiro atoms. The first-order valence-electron chi connectivity index (χ1n) is 3.67. The molecule has 0 heterocycles. The molecule has 0 aromatic carbocycles. The summed E-state index contributed by atoms with van der Waals surface area (Å²) in [4.78, 5) is 10.9. The molecule has 5 nitrogen and oxygen atoms in total. The van der Waals surface area contributed by atoms with Gasteiger partial charge in [0.15, 0.2) is 0 Å². The fourth-order valence-corrected chi connectivity index (χ4v) is 1.13. The Labute approximate surface area is 77.1 Å². The van der Waals surface area contributed by atoms with Crippen molar-refractivity contribution in [1.29, 1.82) is 0 Å². The normalized spacial score (nSPS) is 10.9. The van der Waals surface area contributed by atoms with E-state index in [4.69, 9.17) is 4.55 Å². The van der Waals surface area contributed by atoms with Crippen LogP contribution < -0.4 is 0 Å². The van der Waals surface area contributed by atoms with E-state index in [-0.39, 0.29) is 12.2 Å². The van der Waals surface area contributed by atoms with Crippen LogP contribution in [-0.2, 0) is 19.6 Å². The van der Waals surface area contributed by atoms with Gasteiger partial charge >= 0.3 is 5.97 Å². The van der Waals surface area contributed by atoms with E-state index in [1.807, 2.05) is 0 Å². The minimum atomic E-state index is -4.19. The lowest BCUT2D eigenvalue weighted by Crippen LogP contribution is -2.15. The van der Waals surface area contributed by atoms with Crippen LogP contribution in [0.25, 0.3) is 0 Å². The number of carbonyl (C=O) groups is 1.